The van der Waals surface area contributed by atoms with Crippen LogP contribution < -0.4 is 4.90 Å². The van der Waals surface area contributed by atoms with Crippen LogP contribution in [0.15, 0.2) is 46.8 Å². The summed E-state index contributed by atoms with van der Waals surface area (Å²) in [6.07, 6.45) is 9.99. The highest BCUT2D eigenvalue weighted by molar-refractivity contribution is 5.89. The number of hydrogen-bond acceptors (Lipinski definition) is 3. The van der Waals surface area contributed by atoms with Crippen LogP contribution in [-0.4, -0.2) is 13.1 Å². The number of methoxy groups -OCH3 is 1. The zero-order valence-electron chi connectivity index (χ0n) is 13.7. The molecule has 0 radical (unpaired) electrons. The quantitative estimate of drug-likeness (QED) is 0.724. The Hall–Kier alpha value is -2.03. The number of carbonyl (C=O) groups excluding carboxylic acids is 1. The molecule has 0 atom stereocenters. The van der Waals surface area contributed by atoms with Gasteiger partial charge in [0.05, 0.1) is 12.7 Å². The van der Waals surface area contributed by atoms with E-state index in [0.29, 0.717) is 5.56 Å². The van der Waals surface area contributed by atoms with Crippen LogP contribution in [0.1, 0.15) is 61.7 Å². The molecule has 3 aliphatic rings. The second-order valence-corrected chi connectivity index (χ2v) is 6.71. The van der Waals surface area contributed by atoms with Crippen molar-refractivity contribution in [3.63, 3.8) is 0 Å². The first-order chi connectivity index (χ1) is 11.3. The first-order valence-corrected chi connectivity index (χ1v) is 8.68. The van der Waals surface area contributed by atoms with Crippen LogP contribution in [0.2, 0.25) is 0 Å². The lowest BCUT2D eigenvalue weighted by molar-refractivity contribution is 0.0601. The number of benzene rings is 1. The van der Waals surface area contributed by atoms with E-state index in [1.807, 2.05) is 12.1 Å². The van der Waals surface area contributed by atoms with E-state index in [2.05, 4.69) is 17.0 Å². The van der Waals surface area contributed by atoms with E-state index in [4.69, 9.17) is 4.74 Å². The molecule has 0 amide bonds. The molecule has 0 aromatic heterocycles. The van der Waals surface area contributed by atoms with Gasteiger partial charge in [-0.25, -0.2) is 4.79 Å². The number of allylic oxidation sites excluding steroid dienone is 4. The molecule has 0 bridgehead atoms. The molecule has 0 spiro atoms. The lowest BCUT2D eigenvalue weighted by Crippen LogP contribution is -2.28. The second-order valence-electron chi connectivity index (χ2n) is 6.71. The average molecular weight is 309 g/mol. The van der Waals surface area contributed by atoms with Crippen molar-refractivity contribution < 1.29 is 9.53 Å². The zero-order chi connectivity index (χ0) is 15.8. The van der Waals surface area contributed by atoms with Gasteiger partial charge in [-0.05, 0) is 86.8 Å². The summed E-state index contributed by atoms with van der Waals surface area (Å²) in [5.74, 6) is -0.270. The van der Waals surface area contributed by atoms with E-state index < -0.39 is 0 Å². The predicted molar refractivity (Wildman–Crippen MR) is 91.2 cm³/mol. The van der Waals surface area contributed by atoms with Gasteiger partial charge in [-0.1, -0.05) is 0 Å². The standard InChI is InChI=1S/C20H23NO2/c1-23-20(22)14-9-11-17(12-10-14)21-18-7-3-2-5-15(18)13-16-6-4-8-19(16)21/h9-12H,2-8,13H2,1H3. The fourth-order valence-electron chi connectivity index (χ4n) is 4.26. The Morgan fingerprint density at radius 2 is 1.52 bits per heavy atom. The number of ether oxygens (including phenoxy) is 1. The van der Waals surface area contributed by atoms with E-state index in [1.165, 1.54) is 75.6 Å². The van der Waals surface area contributed by atoms with E-state index in [1.54, 1.807) is 11.1 Å². The Morgan fingerprint density at radius 1 is 0.913 bits per heavy atom. The van der Waals surface area contributed by atoms with Crippen LogP contribution in [0.5, 0.6) is 0 Å². The maximum Gasteiger partial charge on any atom is 0.337 e. The van der Waals surface area contributed by atoms with Gasteiger partial charge in [0.15, 0.2) is 0 Å². The molecule has 0 fully saturated rings. The van der Waals surface area contributed by atoms with Gasteiger partial charge in [-0.3, -0.25) is 0 Å². The summed E-state index contributed by atoms with van der Waals surface area (Å²) in [5.41, 5.74) is 8.16. The van der Waals surface area contributed by atoms with Crippen LogP contribution in [0.4, 0.5) is 5.69 Å². The van der Waals surface area contributed by atoms with Crippen LogP contribution in [0.3, 0.4) is 0 Å². The van der Waals surface area contributed by atoms with Gasteiger partial charge in [0.25, 0.3) is 0 Å². The molecule has 1 aromatic rings. The molecule has 3 nitrogen and oxygen atoms in total. The minimum Gasteiger partial charge on any atom is -0.465 e. The van der Waals surface area contributed by atoms with Crippen LogP contribution >= 0.6 is 0 Å². The SMILES string of the molecule is COC(=O)c1ccc(N2C3=C(CCCC3)CC3=C2CCC3)cc1. The maximum absolute atomic E-state index is 11.7. The molecule has 1 aliphatic heterocycles. The minimum atomic E-state index is -0.270. The highest BCUT2D eigenvalue weighted by Gasteiger charge is 2.31. The highest BCUT2D eigenvalue weighted by atomic mass is 16.5. The molecule has 120 valence electrons. The van der Waals surface area contributed by atoms with Gasteiger partial charge in [-0.15, -0.1) is 0 Å². The third-order valence-corrected chi connectivity index (χ3v) is 5.36. The number of esters is 1. The zero-order valence-corrected chi connectivity index (χ0v) is 13.7. The van der Waals surface area contributed by atoms with E-state index >= 15 is 0 Å². The van der Waals surface area contributed by atoms with Crippen molar-refractivity contribution in [2.75, 3.05) is 12.0 Å². The minimum absolute atomic E-state index is 0.270. The Labute approximate surface area is 137 Å². The molecule has 3 heteroatoms. The van der Waals surface area contributed by atoms with Crippen LogP contribution in [-0.2, 0) is 4.74 Å². The van der Waals surface area contributed by atoms with Gasteiger partial charge in [0.1, 0.15) is 0 Å². The summed E-state index contributed by atoms with van der Waals surface area (Å²) >= 11 is 0. The van der Waals surface area contributed by atoms with E-state index in [9.17, 15) is 4.79 Å². The summed E-state index contributed by atoms with van der Waals surface area (Å²) < 4.78 is 4.81. The number of nitrogens with zero attached hydrogens (tertiary/aromatic N) is 1. The van der Waals surface area contributed by atoms with Crippen molar-refractivity contribution in [3.8, 4) is 0 Å². The molecule has 0 N–H and O–H groups in total. The number of carbonyl (C=O) groups is 1. The topological polar surface area (TPSA) is 29.5 Å². The maximum atomic E-state index is 11.7. The van der Waals surface area contributed by atoms with Gasteiger partial charge in [-0.2, -0.15) is 0 Å². The lowest BCUT2D eigenvalue weighted by atomic mass is 9.87. The smallest absolute Gasteiger partial charge is 0.337 e. The fraction of sp³-hybridized carbons (Fsp3) is 0.450. The van der Waals surface area contributed by atoms with Gasteiger partial charge < -0.3 is 9.64 Å². The summed E-state index contributed by atoms with van der Waals surface area (Å²) in [5, 5.41) is 0. The number of anilines is 1. The third-order valence-electron chi connectivity index (χ3n) is 5.36. The Kier molecular flexibility index (Phi) is 3.72. The number of rotatable bonds is 2. The molecule has 0 saturated heterocycles. The number of hydrogen-bond donors (Lipinski definition) is 0. The molecule has 0 saturated carbocycles. The molecule has 1 heterocycles. The van der Waals surface area contributed by atoms with Gasteiger partial charge >= 0.3 is 5.97 Å². The van der Waals surface area contributed by atoms with Crippen molar-refractivity contribution in [1.29, 1.82) is 0 Å². The molecule has 1 aromatic carbocycles. The second kappa shape index (κ2) is 5.88. The van der Waals surface area contributed by atoms with Crippen molar-refractivity contribution in [1.82, 2.24) is 0 Å². The fourth-order valence-corrected chi connectivity index (χ4v) is 4.26. The van der Waals surface area contributed by atoms with Crippen molar-refractivity contribution >= 4 is 11.7 Å². The van der Waals surface area contributed by atoms with Crippen LogP contribution in [0, 0.1) is 0 Å². The van der Waals surface area contributed by atoms with Gasteiger partial charge in [0, 0.05) is 17.1 Å². The first-order valence-electron chi connectivity index (χ1n) is 8.68. The molecule has 4 rings (SSSR count). The normalized spacial score (nSPS) is 20.5. The molecular weight excluding hydrogens is 286 g/mol. The van der Waals surface area contributed by atoms with Crippen molar-refractivity contribution in [2.24, 2.45) is 0 Å². The largest absolute Gasteiger partial charge is 0.465 e. The van der Waals surface area contributed by atoms with E-state index in [0.717, 1.165) is 0 Å². The van der Waals surface area contributed by atoms with Crippen molar-refractivity contribution in [2.45, 2.75) is 51.4 Å². The molecular formula is C20H23NO2. The monoisotopic (exact) mass is 309 g/mol. The third kappa shape index (κ3) is 2.48. The summed E-state index contributed by atoms with van der Waals surface area (Å²) in [4.78, 5) is 14.2. The summed E-state index contributed by atoms with van der Waals surface area (Å²) in [6.45, 7) is 0. The Bertz CT molecular complexity index is 697. The molecule has 0 unspecified atom stereocenters. The lowest BCUT2D eigenvalue weighted by Gasteiger charge is -2.38. The molecule has 23 heavy (non-hydrogen) atoms. The van der Waals surface area contributed by atoms with Crippen LogP contribution in [0.25, 0.3) is 0 Å². The molecule has 2 aliphatic carbocycles. The summed E-state index contributed by atoms with van der Waals surface area (Å²) in [6, 6.07) is 7.90. The summed E-state index contributed by atoms with van der Waals surface area (Å²) in [7, 11) is 1.43. The van der Waals surface area contributed by atoms with Gasteiger partial charge in [0.2, 0.25) is 0 Å². The highest BCUT2D eigenvalue weighted by Crippen LogP contribution is 2.46. The predicted octanol–water partition coefficient (Wildman–Crippen LogP) is 4.95. The average Bonchev–Trinajstić information content (AvgIpc) is 3.07. The Balaban J connectivity index is 1.73. The van der Waals surface area contributed by atoms with Crippen molar-refractivity contribution in [3.05, 3.63) is 52.4 Å². The Morgan fingerprint density at radius 3 is 2.22 bits per heavy atom. The van der Waals surface area contributed by atoms with E-state index in [-0.39, 0.29) is 5.97 Å². The first kappa shape index (κ1) is 14.6.